The smallest absolute Gasteiger partial charge is 0.248 e. The summed E-state index contributed by atoms with van der Waals surface area (Å²) < 4.78 is 0. The number of aromatic amines is 2. The number of nitrogens with zero attached hydrogens (tertiary/aromatic N) is 7. The van der Waals surface area contributed by atoms with E-state index in [9.17, 15) is 9.59 Å². The molecule has 0 unspecified atom stereocenters. The van der Waals surface area contributed by atoms with Crippen molar-refractivity contribution in [1.29, 1.82) is 0 Å². The molecule has 0 bridgehead atoms. The summed E-state index contributed by atoms with van der Waals surface area (Å²) in [5.41, 5.74) is 6.74. The third-order valence-electron chi connectivity index (χ3n) is 10.7. The fourth-order valence-corrected chi connectivity index (χ4v) is 7.69. The van der Waals surface area contributed by atoms with Gasteiger partial charge in [0.05, 0.1) is 61.1 Å². The van der Waals surface area contributed by atoms with Crippen molar-refractivity contribution in [3.63, 3.8) is 0 Å². The van der Waals surface area contributed by atoms with Gasteiger partial charge in [-0.25, -0.2) is 24.9 Å². The van der Waals surface area contributed by atoms with Crippen LogP contribution in [0.1, 0.15) is 77.1 Å². The van der Waals surface area contributed by atoms with Gasteiger partial charge in [-0.2, -0.15) is 4.89 Å². The second kappa shape index (κ2) is 17.3. The monoisotopic (exact) mass is 758 g/mol. The van der Waals surface area contributed by atoms with Crippen molar-refractivity contribution in [1.82, 2.24) is 39.7 Å². The molecule has 14 heteroatoms. The predicted molar refractivity (Wildman–Crippen MR) is 214 cm³/mol. The van der Waals surface area contributed by atoms with E-state index >= 15 is 0 Å². The minimum absolute atomic E-state index is 0.00402. The number of imidazole rings is 2. The number of hydrogen-bond donors (Lipinski definition) is 3. The summed E-state index contributed by atoms with van der Waals surface area (Å²) in [4.78, 5) is 69.6. The molecule has 0 radical (unpaired) electrons. The number of nitrogens with one attached hydrogen (secondary N) is 3. The van der Waals surface area contributed by atoms with E-state index in [1.165, 1.54) is 19.8 Å². The first-order valence-corrected chi connectivity index (χ1v) is 19.4. The van der Waals surface area contributed by atoms with Gasteiger partial charge < -0.3 is 30.0 Å². The number of aromatic nitrogens is 6. The number of hydrogen-bond acceptors (Lipinski definition) is 10. The van der Waals surface area contributed by atoms with Crippen LogP contribution in [0.15, 0.2) is 84.6 Å². The van der Waals surface area contributed by atoms with Crippen LogP contribution in [0.3, 0.4) is 0 Å². The molecule has 3 aromatic heterocycles. The molecule has 2 aliphatic heterocycles. The molecule has 4 atom stereocenters. The maximum absolute atomic E-state index is 13.8. The van der Waals surface area contributed by atoms with Crippen LogP contribution >= 0.6 is 0 Å². The summed E-state index contributed by atoms with van der Waals surface area (Å²) in [7, 11) is 1.40. The summed E-state index contributed by atoms with van der Waals surface area (Å²) in [5, 5.41) is 3.34. The number of aliphatic imine (C=N–C) groups is 1. The molecule has 14 nitrogen and oxygen atoms in total. The summed E-state index contributed by atoms with van der Waals surface area (Å²) in [6, 6.07) is 15.5. The highest BCUT2D eigenvalue weighted by Crippen LogP contribution is 2.35. The molecule has 2 aliphatic rings. The zero-order chi connectivity index (χ0) is 39.2. The number of anilines is 1. The number of rotatable bonds is 14. The van der Waals surface area contributed by atoms with E-state index in [1.54, 1.807) is 12.4 Å². The molecule has 0 saturated carbocycles. The van der Waals surface area contributed by atoms with Gasteiger partial charge in [-0.1, -0.05) is 76.2 Å². The first-order valence-electron chi connectivity index (χ1n) is 19.4. The van der Waals surface area contributed by atoms with Gasteiger partial charge in [-0.15, -0.1) is 0 Å². The normalized spacial score (nSPS) is 18.3. The Morgan fingerprint density at radius 1 is 0.750 bits per heavy atom. The lowest BCUT2D eigenvalue weighted by atomic mass is 10.0. The van der Waals surface area contributed by atoms with Gasteiger partial charge in [0, 0.05) is 13.1 Å². The maximum atomic E-state index is 13.8. The van der Waals surface area contributed by atoms with Crippen LogP contribution < -0.4 is 5.32 Å². The average molecular weight is 759 g/mol. The van der Waals surface area contributed by atoms with Crippen LogP contribution in [-0.2, 0) is 19.4 Å². The van der Waals surface area contributed by atoms with Crippen LogP contribution in [0, 0.1) is 11.8 Å². The van der Waals surface area contributed by atoms with E-state index in [0.717, 1.165) is 76.7 Å². The van der Waals surface area contributed by atoms with Gasteiger partial charge in [0.1, 0.15) is 30.1 Å². The first-order chi connectivity index (χ1) is 27.2. The number of carbonyl (C=O) groups is 2. The highest BCUT2D eigenvalue weighted by atomic mass is 17.2. The van der Waals surface area contributed by atoms with Crippen molar-refractivity contribution in [3.05, 3.63) is 91.3 Å². The SMILES string of the molecule is COO/C=N/[C@H](C(=O)N1CCC[C@H]1c1ncc(-c2ccc(-c3ccc(-c4cnc([C@@H]5CCCN5C(=O)[C@@H](Nc5cncnc5)C(C)C)[nH]4)cc3)cc2)[nH]1)C(C)C. The quantitative estimate of drug-likeness (QED) is 0.0467. The minimum Gasteiger partial charge on any atom is -0.371 e. The lowest BCUT2D eigenvalue weighted by Gasteiger charge is -2.30. The molecule has 292 valence electrons. The molecular formula is C42H50N10O4. The summed E-state index contributed by atoms with van der Waals surface area (Å²) >= 11 is 0. The number of carbonyl (C=O) groups excluding carboxylic acids is 2. The summed E-state index contributed by atoms with van der Waals surface area (Å²) in [5.74, 6) is 1.65. The predicted octanol–water partition coefficient (Wildman–Crippen LogP) is 7.02. The molecule has 0 spiro atoms. The number of benzene rings is 2. The molecule has 2 saturated heterocycles. The third-order valence-corrected chi connectivity index (χ3v) is 10.7. The van der Waals surface area contributed by atoms with E-state index < -0.39 is 12.1 Å². The Bertz CT molecular complexity index is 2100. The van der Waals surface area contributed by atoms with Gasteiger partial charge in [0.25, 0.3) is 0 Å². The zero-order valence-electron chi connectivity index (χ0n) is 32.6. The molecule has 2 fully saturated rings. The van der Waals surface area contributed by atoms with E-state index in [1.807, 2.05) is 49.9 Å². The van der Waals surface area contributed by atoms with Crippen LogP contribution in [-0.4, -0.2) is 90.2 Å². The Kier molecular flexibility index (Phi) is 11.8. The van der Waals surface area contributed by atoms with E-state index in [2.05, 4.69) is 83.7 Å². The van der Waals surface area contributed by atoms with Crippen LogP contribution in [0.5, 0.6) is 0 Å². The Balaban J connectivity index is 0.996. The van der Waals surface area contributed by atoms with Gasteiger partial charge in [-0.05, 0) is 59.8 Å². The fourth-order valence-electron chi connectivity index (χ4n) is 7.69. The van der Waals surface area contributed by atoms with Crippen LogP contribution in [0.2, 0.25) is 0 Å². The number of amides is 2. The Morgan fingerprint density at radius 3 is 1.73 bits per heavy atom. The van der Waals surface area contributed by atoms with Gasteiger partial charge in [-0.3, -0.25) is 9.59 Å². The standard InChI is InChI=1S/C42H50N10O4/c1-26(2)37(47-25-56-55-5)41(53)51-18-6-8-35(51)39-45-22-33(49-39)30-14-10-28(11-15-30)29-12-16-31(17-13-29)34-23-46-40(50-34)36-9-7-19-52(36)42(54)38(27(3)4)48-32-20-43-24-44-21-32/h10-17,20-27,35-38,48H,6-9,18-19H2,1-5H3,(H,45,49)(H,46,50)/b47-25+/t35-,36-,37-,38-/m0/s1. The van der Waals surface area contributed by atoms with Crippen LogP contribution in [0.25, 0.3) is 33.6 Å². The second-order valence-corrected chi connectivity index (χ2v) is 15.1. The van der Waals surface area contributed by atoms with Crippen molar-refractivity contribution < 1.29 is 19.4 Å². The highest BCUT2D eigenvalue weighted by Gasteiger charge is 2.38. The average Bonchev–Trinajstić information content (AvgIpc) is 4.06. The van der Waals surface area contributed by atoms with E-state index in [-0.39, 0.29) is 35.7 Å². The molecule has 56 heavy (non-hydrogen) atoms. The van der Waals surface area contributed by atoms with Crippen molar-refractivity contribution >= 4 is 23.9 Å². The van der Waals surface area contributed by atoms with Gasteiger partial charge >= 0.3 is 0 Å². The Hall–Kier alpha value is -5.89. The molecule has 0 aliphatic carbocycles. The van der Waals surface area contributed by atoms with Crippen molar-refractivity contribution in [2.45, 2.75) is 77.5 Å². The summed E-state index contributed by atoms with van der Waals surface area (Å²) in [6.07, 6.45) is 13.2. The zero-order valence-corrected chi connectivity index (χ0v) is 32.6. The minimum atomic E-state index is -0.568. The van der Waals surface area contributed by atoms with E-state index in [0.29, 0.717) is 13.1 Å². The van der Waals surface area contributed by atoms with Gasteiger partial charge in [0.2, 0.25) is 18.2 Å². The molecule has 2 amide bonds. The molecule has 3 N–H and O–H groups in total. The third kappa shape index (κ3) is 8.35. The Labute approximate surface area is 327 Å². The number of H-pyrrole nitrogens is 2. The second-order valence-electron chi connectivity index (χ2n) is 15.1. The fraction of sp³-hybridized carbons (Fsp3) is 0.405. The first kappa shape index (κ1) is 38.4. The number of likely N-dealkylation sites (tertiary alicyclic amines) is 2. The lowest BCUT2D eigenvalue weighted by molar-refractivity contribution is -0.188. The largest absolute Gasteiger partial charge is 0.371 e. The molecule has 2 aromatic carbocycles. The van der Waals surface area contributed by atoms with Crippen molar-refractivity contribution in [2.75, 3.05) is 25.5 Å². The molecular weight excluding hydrogens is 709 g/mol. The molecule has 7 rings (SSSR count). The maximum Gasteiger partial charge on any atom is 0.248 e. The summed E-state index contributed by atoms with van der Waals surface area (Å²) in [6.45, 7) is 9.36. The highest BCUT2D eigenvalue weighted by molar-refractivity contribution is 5.86. The van der Waals surface area contributed by atoms with Crippen molar-refractivity contribution in [2.24, 2.45) is 16.8 Å². The molecule has 5 heterocycles. The molecule has 5 aromatic rings. The Morgan fingerprint density at radius 2 is 1.25 bits per heavy atom. The van der Waals surface area contributed by atoms with Crippen molar-refractivity contribution in [3.8, 4) is 33.6 Å². The lowest BCUT2D eigenvalue weighted by Crippen LogP contribution is -2.45. The van der Waals surface area contributed by atoms with Gasteiger partial charge in [0.15, 0.2) is 0 Å². The topological polar surface area (TPSA) is 167 Å². The van der Waals surface area contributed by atoms with E-state index in [4.69, 9.17) is 14.9 Å². The van der Waals surface area contributed by atoms with Crippen LogP contribution in [0.4, 0.5) is 5.69 Å².